The van der Waals surface area contributed by atoms with Gasteiger partial charge in [0, 0.05) is 11.5 Å². The molecule has 0 radical (unpaired) electrons. The molecule has 0 spiro atoms. The van der Waals surface area contributed by atoms with Gasteiger partial charge in [-0.2, -0.15) is 0 Å². The van der Waals surface area contributed by atoms with Crippen LogP contribution in [0.2, 0.25) is 0 Å². The monoisotopic (exact) mass is 553 g/mol. The first-order valence-corrected chi connectivity index (χ1v) is 14.2. The van der Waals surface area contributed by atoms with Crippen LogP contribution in [0.25, 0.3) is 0 Å². The van der Waals surface area contributed by atoms with Gasteiger partial charge in [-0.3, -0.25) is 20.2 Å². The van der Waals surface area contributed by atoms with Crippen molar-refractivity contribution in [2.75, 3.05) is 11.5 Å². The van der Waals surface area contributed by atoms with Crippen LogP contribution in [-0.2, 0) is 19.1 Å². The van der Waals surface area contributed by atoms with Crippen LogP contribution in [-0.4, -0.2) is 55.9 Å². The summed E-state index contributed by atoms with van der Waals surface area (Å²) >= 11 is 4.30. The number of carbonyl (C=O) groups is 3. The Labute approximate surface area is 225 Å². The van der Waals surface area contributed by atoms with E-state index in [1.54, 1.807) is 0 Å². The maximum atomic E-state index is 13.8. The number of aryl methyl sites for hydroxylation is 1. The molecule has 2 aromatic carbocycles. The Morgan fingerprint density at radius 2 is 1.86 bits per heavy atom. The van der Waals surface area contributed by atoms with Gasteiger partial charge < -0.3 is 10.1 Å². The van der Waals surface area contributed by atoms with Gasteiger partial charge in [0.05, 0.1) is 0 Å². The number of fused-ring (bicyclic) bond motifs is 1. The highest BCUT2D eigenvalue weighted by atomic mass is 32.2. The lowest BCUT2D eigenvalue weighted by Crippen LogP contribution is -2.83. The number of thioether (sulfide) groups is 2. The van der Waals surface area contributed by atoms with E-state index in [1.165, 1.54) is 39.8 Å². The van der Waals surface area contributed by atoms with E-state index in [-0.39, 0.29) is 5.70 Å². The summed E-state index contributed by atoms with van der Waals surface area (Å²) in [5.41, 5.74) is 7.13. The normalized spacial score (nSPS) is 20.9. The molecule has 1 aromatic heterocycles. The topological polar surface area (TPSA) is 128 Å². The molecule has 5 rings (SSSR count). The third kappa shape index (κ3) is 4.89. The molecule has 0 aliphatic carbocycles. The molecule has 0 saturated carbocycles. The van der Waals surface area contributed by atoms with Crippen LogP contribution in [0.5, 0.6) is 0 Å². The molecule has 2 aliphatic heterocycles. The zero-order chi connectivity index (χ0) is 26.0. The largest absolute Gasteiger partial charge is 0.448 e. The Morgan fingerprint density at radius 3 is 2.43 bits per heavy atom. The average Bonchev–Trinajstić information content (AvgIpc) is 3.35. The number of benzene rings is 2. The number of amides is 2. The minimum atomic E-state index is -1.58. The number of esters is 1. The maximum Gasteiger partial charge on any atom is 0.356 e. The van der Waals surface area contributed by atoms with E-state index in [0.717, 1.165) is 26.0 Å². The van der Waals surface area contributed by atoms with Gasteiger partial charge in [0.2, 0.25) is 12.1 Å². The number of ether oxygens (including phenoxy) is 1. The number of nitrogens with one attached hydrogen (secondary N) is 1. The Morgan fingerprint density at radius 1 is 1.22 bits per heavy atom. The summed E-state index contributed by atoms with van der Waals surface area (Å²) in [6, 6.07) is 18.9. The number of carbonyl (C=O) groups excluding carboxylic acids is 3. The number of aromatic nitrogens is 2. The van der Waals surface area contributed by atoms with Crippen molar-refractivity contribution in [3.8, 4) is 0 Å². The van der Waals surface area contributed by atoms with Gasteiger partial charge in [0.15, 0.2) is 10.4 Å². The van der Waals surface area contributed by atoms with Gasteiger partial charge in [-0.05, 0) is 23.6 Å². The molecule has 2 atom stereocenters. The van der Waals surface area contributed by atoms with Crippen molar-refractivity contribution in [3.63, 3.8) is 0 Å². The lowest BCUT2D eigenvalue weighted by molar-refractivity contribution is -0.160. The second-order valence-corrected chi connectivity index (χ2v) is 11.9. The molecule has 1 fully saturated rings. The SMILES string of the molecule is Cc1nnc(SCC2=C(C(=O)OC(c3ccccc3)c3ccccc3)N3C(=O)[C@](N)(NC=O)[C@H]3SC2)s1. The fourth-order valence-electron chi connectivity index (χ4n) is 4.21. The van der Waals surface area contributed by atoms with Crippen LogP contribution < -0.4 is 11.1 Å². The first-order chi connectivity index (χ1) is 17.9. The fraction of sp³-hybridized carbons (Fsp3) is 0.240. The Balaban J connectivity index is 1.49. The smallest absolute Gasteiger partial charge is 0.356 e. The highest BCUT2D eigenvalue weighted by molar-refractivity contribution is 8.01. The van der Waals surface area contributed by atoms with E-state index >= 15 is 0 Å². The minimum Gasteiger partial charge on any atom is -0.448 e. The summed E-state index contributed by atoms with van der Waals surface area (Å²) in [5, 5.41) is 10.8. The molecule has 37 heavy (non-hydrogen) atoms. The third-order valence-corrected chi connectivity index (χ3v) is 9.46. The maximum absolute atomic E-state index is 13.8. The first-order valence-electron chi connectivity index (χ1n) is 11.3. The lowest BCUT2D eigenvalue weighted by Gasteiger charge is -2.55. The van der Waals surface area contributed by atoms with Gasteiger partial charge in [0.25, 0.3) is 5.91 Å². The zero-order valence-electron chi connectivity index (χ0n) is 19.7. The van der Waals surface area contributed by atoms with Crippen molar-refractivity contribution in [2.24, 2.45) is 5.73 Å². The summed E-state index contributed by atoms with van der Waals surface area (Å²) in [4.78, 5) is 39.5. The summed E-state index contributed by atoms with van der Waals surface area (Å²) in [5.74, 6) is -0.338. The zero-order valence-corrected chi connectivity index (χ0v) is 22.1. The van der Waals surface area contributed by atoms with Gasteiger partial charge in [-0.1, -0.05) is 83.8 Å². The molecule has 3 heterocycles. The van der Waals surface area contributed by atoms with Crippen molar-refractivity contribution in [2.45, 2.75) is 28.4 Å². The molecular formula is C25H23N5O4S3. The molecule has 3 N–H and O–H groups in total. The number of rotatable bonds is 9. The molecule has 3 aromatic rings. The van der Waals surface area contributed by atoms with Crippen molar-refractivity contribution in [1.29, 1.82) is 0 Å². The number of nitrogens with zero attached hydrogens (tertiary/aromatic N) is 3. The van der Waals surface area contributed by atoms with Crippen molar-refractivity contribution < 1.29 is 19.1 Å². The van der Waals surface area contributed by atoms with E-state index in [4.69, 9.17) is 10.5 Å². The summed E-state index contributed by atoms with van der Waals surface area (Å²) in [7, 11) is 0. The second kappa shape index (κ2) is 10.7. The van der Waals surface area contributed by atoms with Crippen LogP contribution in [0.1, 0.15) is 22.2 Å². The number of hydrogen-bond acceptors (Lipinski definition) is 10. The van der Waals surface area contributed by atoms with Crippen LogP contribution in [0.15, 0.2) is 76.3 Å². The van der Waals surface area contributed by atoms with Gasteiger partial charge >= 0.3 is 5.97 Å². The second-order valence-electron chi connectivity index (χ2n) is 8.40. The van der Waals surface area contributed by atoms with Crippen molar-refractivity contribution in [1.82, 2.24) is 20.4 Å². The molecule has 0 bridgehead atoms. The molecule has 12 heteroatoms. The van der Waals surface area contributed by atoms with Crippen molar-refractivity contribution in [3.05, 3.63) is 88.1 Å². The van der Waals surface area contributed by atoms with E-state index in [2.05, 4.69) is 15.5 Å². The molecule has 0 unspecified atom stereocenters. The quantitative estimate of drug-likeness (QED) is 0.135. The molecule has 190 valence electrons. The van der Waals surface area contributed by atoms with Crippen LogP contribution in [0.3, 0.4) is 0 Å². The Bertz CT molecular complexity index is 1310. The van der Waals surface area contributed by atoms with Gasteiger partial charge in [-0.15, -0.1) is 22.0 Å². The number of hydrogen-bond donors (Lipinski definition) is 2. The first kappa shape index (κ1) is 25.5. The van der Waals surface area contributed by atoms with Gasteiger partial charge in [0.1, 0.15) is 16.1 Å². The highest BCUT2D eigenvalue weighted by Crippen LogP contribution is 2.45. The molecule has 2 amide bonds. The molecule has 1 saturated heterocycles. The van der Waals surface area contributed by atoms with E-state index < -0.39 is 29.0 Å². The average molecular weight is 554 g/mol. The summed E-state index contributed by atoms with van der Waals surface area (Å²) < 4.78 is 6.88. The third-order valence-electron chi connectivity index (χ3n) is 5.99. The van der Waals surface area contributed by atoms with E-state index in [1.807, 2.05) is 67.6 Å². The standard InChI is InChI=1S/C25H23N5O4S3/c1-15-28-29-24(37-15)36-13-18-12-35-23-25(26,27-14-31)22(33)30(23)19(18)21(32)34-20(16-8-4-2-5-9-16)17-10-6-3-7-11-17/h2-11,14,20,23H,12-13,26H2,1H3,(H,27,31)/t23-,25+/m1/s1. The van der Waals surface area contributed by atoms with Crippen LogP contribution in [0, 0.1) is 6.92 Å². The minimum absolute atomic E-state index is 0.160. The predicted molar refractivity (Wildman–Crippen MR) is 142 cm³/mol. The molecule has 2 aliphatic rings. The molecular weight excluding hydrogens is 531 g/mol. The van der Waals surface area contributed by atoms with E-state index in [9.17, 15) is 14.4 Å². The fourth-order valence-corrected chi connectivity index (χ4v) is 7.54. The van der Waals surface area contributed by atoms with Crippen LogP contribution >= 0.6 is 34.9 Å². The van der Waals surface area contributed by atoms with Gasteiger partial charge in [-0.25, -0.2) is 4.79 Å². The lowest BCUT2D eigenvalue weighted by atomic mass is 9.96. The Hall–Kier alpha value is -3.19. The van der Waals surface area contributed by atoms with Crippen LogP contribution in [0.4, 0.5) is 0 Å². The van der Waals surface area contributed by atoms with Crippen molar-refractivity contribution >= 4 is 53.1 Å². The summed E-state index contributed by atoms with van der Waals surface area (Å²) in [6.45, 7) is 1.87. The number of β-lactam (4-membered cyclic amide) rings is 1. The molecule has 9 nitrogen and oxygen atoms in total. The van der Waals surface area contributed by atoms with E-state index in [0.29, 0.717) is 17.9 Å². The Kier molecular flexibility index (Phi) is 7.33. The summed E-state index contributed by atoms with van der Waals surface area (Å²) in [6.07, 6.45) is -0.274. The highest BCUT2D eigenvalue weighted by Gasteiger charge is 2.63. The number of nitrogens with two attached hydrogens (primary N) is 1. The predicted octanol–water partition coefficient (Wildman–Crippen LogP) is 2.84.